The minimum atomic E-state index is -0.137. The zero-order chi connectivity index (χ0) is 38.3. The molecule has 2 heteroatoms. The number of thioether (sulfide) groups is 1. The zero-order valence-electron chi connectivity index (χ0n) is 32.5. The van der Waals surface area contributed by atoms with E-state index in [0.29, 0.717) is 5.92 Å². The fourth-order valence-corrected chi connectivity index (χ4v) is 10.4. The van der Waals surface area contributed by atoms with Crippen molar-refractivity contribution in [2.75, 3.05) is 0 Å². The molecule has 8 aromatic carbocycles. The van der Waals surface area contributed by atoms with Gasteiger partial charge in [-0.1, -0.05) is 166 Å². The summed E-state index contributed by atoms with van der Waals surface area (Å²) in [5.41, 5.74) is 17.2. The lowest BCUT2D eigenvalue weighted by Crippen LogP contribution is -2.17. The van der Waals surface area contributed by atoms with Gasteiger partial charge in [0, 0.05) is 38.4 Å². The summed E-state index contributed by atoms with van der Waals surface area (Å²) in [5.74, 6) is 1.24. The molecule has 0 unspecified atom stereocenters. The number of benzene rings is 8. The van der Waals surface area contributed by atoms with Crippen LogP contribution in [0.3, 0.4) is 0 Å². The molecule has 10 rings (SSSR count). The normalized spacial score (nSPS) is 13.0. The van der Waals surface area contributed by atoms with E-state index in [1.54, 1.807) is 0 Å². The minimum Gasteiger partial charge on any atom is -0.309 e. The second-order valence-corrected chi connectivity index (χ2v) is 17.0. The van der Waals surface area contributed by atoms with Crippen LogP contribution in [0.1, 0.15) is 59.6 Å². The summed E-state index contributed by atoms with van der Waals surface area (Å²) in [6, 6.07) is 72.0. The van der Waals surface area contributed by atoms with Crippen molar-refractivity contribution >= 4 is 33.6 Å². The molecule has 57 heavy (non-hydrogen) atoms. The first kappa shape index (κ1) is 35.3. The zero-order valence-corrected chi connectivity index (χ0v) is 33.3. The van der Waals surface area contributed by atoms with E-state index in [1.807, 2.05) is 11.8 Å². The highest BCUT2D eigenvalue weighted by atomic mass is 32.2. The summed E-state index contributed by atoms with van der Waals surface area (Å²) in [6.07, 6.45) is 2.04. The van der Waals surface area contributed by atoms with Crippen LogP contribution in [-0.4, -0.2) is 4.57 Å². The maximum absolute atomic E-state index is 2.48. The molecule has 276 valence electrons. The Morgan fingerprint density at radius 2 is 1.19 bits per heavy atom. The van der Waals surface area contributed by atoms with Crippen molar-refractivity contribution in [3.05, 3.63) is 228 Å². The molecule has 1 nitrogen and oxygen atoms in total. The van der Waals surface area contributed by atoms with Crippen molar-refractivity contribution in [2.45, 2.75) is 48.7 Å². The average molecular weight is 752 g/mol. The van der Waals surface area contributed by atoms with Crippen LogP contribution in [0.25, 0.3) is 49.7 Å². The SMILES string of the molecule is CC1(C)c2ccccc2-c2ccc(CSc3ccccc3)c(-c3ccc4c5cc(CCC(c6ccccc6)c6ccccc6)ccc5n(-c5ccccc5)c4c3)c21. The van der Waals surface area contributed by atoms with E-state index in [1.165, 1.54) is 88.0 Å². The molecule has 0 saturated heterocycles. The highest BCUT2D eigenvalue weighted by Gasteiger charge is 2.38. The maximum Gasteiger partial charge on any atom is 0.0547 e. The molecule has 0 fully saturated rings. The maximum atomic E-state index is 2.48. The van der Waals surface area contributed by atoms with Gasteiger partial charge >= 0.3 is 0 Å². The highest BCUT2D eigenvalue weighted by molar-refractivity contribution is 7.98. The van der Waals surface area contributed by atoms with Crippen LogP contribution in [0.15, 0.2) is 199 Å². The molecule has 1 aliphatic carbocycles. The summed E-state index contributed by atoms with van der Waals surface area (Å²) in [6.45, 7) is 4.83. The molecule has 0 atom stereocenters. The van der Waals surface area contributed by atoms with Gasteiger partial charge in [0.15, 0.2) is 0 Å². The number of aromatic nitrogens is 1. The first-order valence-corrected chi connectivity index (χ1v) is 21.2. The summed E-state index contributed by atoms with van der Waals surface area (Å²) in [5, 5.41) is 2.59. The lowest BCUT2D eigenvalue weighted by atomic mass is 9.77. The summed E-state index contributed by atoms with van der Waals surface area (Å²) < 4.78 is 2.48. The van der Waals surface area contributed by atoms with Gasteiger partial charge in [-0.05, 0) is 111 Å². The first-order valence-electron chi connectivity index (χ1n) is 20.2. The van der Waals surface area contributed by atoms with Gasteiger partial charge < -0.3 is 4.57 Å². The number of rotatable bonds is 10. The van der Waals surface area contributed by atoms with Crippen molar-refractivity contribution in [1.29, 1.82) is 0 Å². The van der Waals surface area contributed by atoms with Crippen molar-refractivity contribution in [1.82, 2.24) is 4.57 Å². The Morgan fingerprint density at radius 1 is 0.544 bits per heavy atom. The van der Waals surface area contributed by atoms with E-state index < -0.39 is 0 Å². The molecule has 9 aromatic rings. The molecule has 0 bridgehead atoms. The first-order chi connectivity index (χ1) is 28.0. The highest BCUT2D eigenvalue weighted by Crippen LogP contribution is 2.54. The number of hydrogen-bond donors (Lipinski definition) is 0. The number of para-hydroxylation sites is 1. The molecule has 0 spiro atoms. The van der Waals surface area contributed by atoms with Gasteiger partial charge in [0.25, 0.3) is 0 Å². The average Bonchev–Trinajstić information content (AvgIpc) is 3.71. The smallest absolute Gasteiger partial charge is 0.0547 e. The second kappa shape index (κ2) is 14.8. The predicted octanol–water partition coefficient (Wildman–Crippen LogP) is 14.8. The van der Waals surface area contributed by atoms with Crippen molar-refractivity contribution in [3.63, 3.8) is 0 Å². The molecule has 1 heterocycles. The lowest BCUT2D eigenvalue weighted by Gasteiger charge is -2.26. The van der Waals surface area contributed by atoms with E-state index in [0.717, 1.165) is 18.6 Å². The van der Waals surface area contributed by atoms with E-state index in [2.05, 4.69) is 213 Å². The van der Waals surface area contributed by atoms with Crippen molar-refractivity contribution in [3.8, 4) is 27.9 Å². The molecular formula is C55H45NS. The van der Waals surface area contributed by atoms with Gasteiger partial charge in [-0.2, -0.15) is 0 Å². The Hall–Kier alpha value is -6.09. The van der Waals surface area contributed by atoms with E-state index >= 15 is 0 Å². The molecule has 0 amide bonds. The Balaban J connectivity index is 1.12. The number of nitrogens with zero attached hydrogens (tertiary/aromatic N) is 1. The number of aryl methyl sites for hydroxylation is 1. The summed E-state index contributed by atoms with van der Waals surface area (Å²) in [4.78, 5) is 1.29. The third-order valence-electron chi connectivity index (χ3n) is 12.2. The van der Waals surface area contributed by atoms with Crippen LogP contribution in [0.2, 0.25) is 0 Å². The van der Waals surface area contributed by atoms with Crippen molar-refractivity contribution in [2.24, 2.45) is 0 Å². The molecular weight excluding hydrogens is 707 g/mol. The Kier molecular flexibility index (Phi) is 9.16. The third-order valence-corrected chi connectivity index (χ3v) is 13.3. The van der Waals surface area contributed by atoms with Crippen LogP contribution in [0.5, 0.6) is 0 Å². The van der Waals surface area contributed by atoms with Gasteiger partial charge in [0.05, 0.1) is 11.0 Å². The lowest BCUT2D eigenvalue weighted by molar-refractivity contribution is 0.661. The van der Waals surface area contributed by atoms with E-state index in [4.69, 9.17) is 0 Å². The summed E-state index contributed by atoms with van der Waals surface area (Å²) in [7, 11) is 0. The standard InChI is InChI=1S/C55H45NS/c1-55(2)50-26-16-15-25-46(50)48-33-30-42(37-57-44-23-13-6-14-24-44)53(54(48)55)41-29-32-47-49-35-38(28-34-51(49)56(52(47)36-41)43-21-11-5-12-22-43)27-31-45(39-17-7-3-8-18-39)40-19-9-4-10-20-40/h3-26,28-30,32-36,45H,27,31,37H2,1-2H3. The second-order valence-electron chi connectivity index (χ2n) is 16.0. The van der Waals surface area contributed by atoms with Crippen LogP contribution < -0.4 is 0 Å². The molecule has 0 saturated carbocycles. The van der Waals surface area contributed by atoms with E-state index in [9.17, 15) is 0 Å². The molecule has 1 aromatic heterocycles. The topological polar surface area (TPSA) is 4.93 Å². The summed E-state index contributed by atoms with van der Waals surface area (Å²) >= 11 is 1.92. The Morgan fingerprint density at radius 3 is 1.91 bits per heavy atom. The van der Waals surface area contributed by atoms with Crippen LogP contribution >= 0.6 is 11.8 Å². The van der Waals surface area contributed by atoms with Gasteiger partial charge in [0.2, 0.25) is 0 Å². The Bertz CT molecular complexity index is 2810. The van der Waals surface area contributed by atoms with Gasteiger partial charge in [-0.15, -0.1) is 11.8 Å². The minimum absolute atomic E-state index is 0.137. The van der Waals surface area contributed by atoms with Gasteiger partial charge in [-0.3, -0.25) is 0 Å². The molecule has 0 N–H and O–H groups in total. The molecule has 1 aliphatic rings. The molecule has 0 radical (unpaired) electrons. The fraction of sp³-hybridized carbons (Fsp3) is 0.127. The Labute approximate surface area is 340 Å². The van der Waals surface area contributed by atoms with Crippen LogP contribution in [-0.2, 0) is 17.6 Å². The quantitative estimate of drug-likeness (QED) is 0.126. The van der Waals surface area contributed by atoms with Crippen LogP contribution in [0, 0.1) is 0 Å². The molecule has 0 aliphatic heterocycles. The van der Waals surface area contributed by atoms with Crippen molar-refractivity contribution < 1.29 is 0 Å². The monoisotopic (exact) mass is 751 g/mol. The third kappa shape index (κ3) is 6.39. The van der Waals surface area contributed by atoms with Crippen LogP contribution in [0.4, 0.5) is 0 Å². The van der Waals surface area contributed by atoms with Gasteiger partial charge in [0.1, 0.15) is 0 Å². The number of fused-ring (bicyclic) bond motifs is 6. The van der Waals surface area contributed by atoms with E-state index in [-0.39, 0.29) is 5.41 Å². The van der Waals surface area contributed by atoms with Gasteiger partial charge in [-0.25, -0.2) is 0 Å². The number of hydrogen-bond acceptors (Lipinski definition) is 1. The largest absolute Gasteiger partial charge is 0.309 e. The fourth-order valence-electron chi connectivity index (χ4n) is 9.49. The predicted molar refractivity (Wildman–Crippen MR) is 243 cm³/mol.